The van der Waals surface area contributed by atoms with Crippen molar-refractivity contribution >= 4 is 11.7 Å². The molecule has 36 heavy (non-hydrogen) atoms. The van der Waals surface area contributed by atoms with E-state index in [1.807, 2.05) is 36.0 Å². The van der Waals surface area contributed by atoms with E-state index in [1.165, 1.54) is 11.8 Å². The van der Waals surface area contributed by atoms with Crippen molar-refractivity contribution in [2.75, 3.05) is 5.32 Å². The molecule has 184 valence electrons. The number of benzene rings is 1. The van der Waals surface area contributed by atoms with Crippen LogP contribution in [0.5, 0.6) is 0 Å². The highest BCUT2D eigenvalue weighted by Gasteiger charge is 2.27. The number of aryl methyl sites for hydroxylation is 2. The highest BCUT2D eigenvalue weighted by Crippen LogP contribution is 2.39. The third-order valence-electron chi connectivity index (χ3n) is 7.22. The van der Waals surface area contributed by atoms with Crippen LogP contribution in [-0.2, 0) is 6.42 Å². The molecule has 0 spiro atoms. The van der Waals surface area contributed by atoms with Gasteiger partial charge in [-0.2, -0.15) is 0 Å². The Morgan fingerprint density at radius 3 is 2.86 bits per heavy atom. The number of halogens is 1. The summed E-state index contributed by atoms with van der Waals surface area (Å²) in [6, 6.07) is 8.85. The van der Waals surface area contributed by atoms with E-state index in [4.69, 9.17) is 0 Å². The third kappa shape index (κ3) is 4.10. The first-order chi connectivity index (χ1) is 17.5. The number of carbonyl (C=O) groups excluding carboxylic acids is 1. The van der Waals surface area contributed by atoms with Gasteiger partial charge in [0.25, 0.3) is 5.91 Å². The van der Waals surface area contributed by atoms with Crippen molar-refractivity contribution in [1.82, 2.24) is 24.1 Å². The summed E-state index contributed by atoms with van der Waals surface area (Å²) < 4.78 is 19.0. The van der Waals surface area contributed by atoms with Crippen molar-refractivity contribution in [2.24, 2.45) is 0 Å². The molecule has 3 aromatic heterocycles. The van der Waals surface area contributed by atoms with Gasteiger partial charge in [-0.05, 0) is 68.9 Å². The van der Waals surface area contributed by atoms with Gasteiger partial charge in [0.05, 0.1) is 23.3 Å². The number of nitrogens with zero attached hydrogens (tertiary/aromatic N) is 5. The van der Waals surface area contributed by atoms with Gasteiger partial charge in [-0.3, -0.25) is 4.79 Å². The topological polar surface area (TPSA) is 77.6 Å². The van der Waals surface area contributed by atoms with Crippen LogP contribution in [-0.4, -0.2) is 30.0 Å². The number of imidazole rings is 2. The molecule has 7 nitrogen and oxygen atoms in total. The first-order valence-corrected chi connectivity index (χ1v) is 12.7. The molecule has 1 aliphatic carbocycles. The number of carbonyl (C=O) groups is 1. The van der Waals surface area contributed by atoms with Crippen molar-refractivity contribution in [3.05, 3.63) is 77.4 Å². The summed E-state index contributed by atoms with van der Waals surface area (Å²) in [4.78, 5) is 26.9. The molecule has 1 N–H and O–H groups in total. The van der Waals surface area contributed by atoms with E-state index < -0.39 is 11.7 Å². The first-order valence-electron chi connectivity index (χ1n) is 12.7. The molecule has 2 aliphatic rings. The lowest BCUT2D eigenvalue weighted by Gasteiger charge is -2.15. The SMILES string of the molecule is CCC[C@H]1CCc2cnc(-c3cccc(NC(=O)c4cc(-n5cnc(C6CC6)c5)c(C)cc4F)n3)n21. The Morgan fingerprint density at radius 2 is 2.06 bits per heavy atom. The molecule has 1 amide bonds. The predicted octanol–water partition coefficient (Wildman–Crippen LogP) is 6.00. The Hall–Kier alpha value is -3.81. The zero-order valence-corrected chi connectivity index (χ0v) is 20.5. The summed E-state index contributed by atoms with van der Waals surface area (Å²) in [7, 11) is 0. The molecule has 0 saturated heterocycles. The summed E-state index contributed by atoms with van der Waals surface area (Å²) in [5.74, 6) is 0.577. The standard InChI is InChI=1S/C28H29FN6O/c1-3-5-19-10-11-20-14-30-27(35(19)20)23-6-4-7-26(32-23)33-28(36)21-13-25(17(2)12-22(21)29)34-15-24(31-16-34)18-8-9-18/h4,6-7,12-16,18-19H,3,5,8-11H2,1-2H3,(H,32,33,36)/t19-/m0/s1. The van der Waals surface area contributed by atoms with E-state index in [0.717, 1.165) is 61.3 Å². The number of nitrogens with one attached hydrogen (secondary N) is 1. The fraction of sp³-hybridized carbons (Fsp3) is 0.357. The number of hydrogen-bond acceptors (Lipinski definition) is 4. The lowest BCUT2D eigenvalue weighted by atomic mass is 10.1. The van der Waals surface area contributed by atoms with Crippen molar-refractivity contribution in [2.45, 2.75) is 64.3 Å². The highest BCUT2D eigenvalue weighted by atomic mass is 19.1. The molecule has 0 bridgehead atoms. The highest BCUT2D eigenvalue weighted by molar-refractivity contribution is 6.04. The fourth-order valence-corrected chi connectivity index (χ4v) is 5.21. The average molecular weight is 485 g/mol. The van der Waals surface area contributed by atoms with Gasteiger partial charge in [0.2, 0.25) is 0 Å². The van der Waals surface area contributed by atoms with E-state index in [2.05, 4.69) is 31.8 Å². The van der Waals surface area contributed by atoms with Crippen LogP contribution < -0.4 is 5.32 Å². The molecule has 1 fully saturated rings. The fourth-order valence-electron chi connectivity index (χ4n) is 5.21. The molecule has 1 saturated carbocycles. The minimum Gasteiger partial charge on any atom is -0.324 e. The Morgan fingerprint density at radius 1 is 1.19 bits per heavy atom. The Balaban J connectivity index is 1.27. The molecule has 8 heteroatoms. The van der Waals surface area contributed by atoms with Crippen LogP contribution in [0.3, 0.4) is 0 Å². The molecule has 1 atom stereocenters. The Bertz CT molecular complexity index is 1450. The second kappa shape index (κ2) is 9.00. The summed E-state index contributed by atoms with van der Waals surface area (Å²) in [5, 5.41) is 2.79. The first kappa shape index (κ1) is 22.6. The van der Waals surface area contributed by atoms with Gasteiger partial charge in [-0.1, -0.05) is 19.4 Å². The van der Waals surface area contributed by atoms with E-state index in [0.29, 0.717) is 23.5 Å². The minimum absolute atomic E-state index is 0.0332. The lowest BCUT2D eigenvalue weighted by Crippen LogP contribution is -2.16. The maximum absolute atomic E-state index is 14.9. The second-order valence-electron chi connectivity index (χ2n) is 9.89. The monoisotopic (exact) mass is 484 g/mol. The van der Waals surface area contributed by atoms with Crippen molar-refractivity contribution < 1.29 is 9.18 Å². The number of pyridine rings is 1. The van der Waals surface area contributed by atoms with Crippen LogP contribution in [0.2, 0.25) is 0 Å². The van der Waals surface area contributed by atoms with Crippen LogP contribution in [0.4, 0.5) is 10.2 Å². The van der Waals surface area contributed by atoms with Gasteiger partial charge >= 0.3 is 0 Å². The molecular formula is C28H29FN6O. The van der Waals surface area contributed by atoms with Gasteiger partial charge in [0, 0.05) is 30.0 Å². The molecule has 1 aliphatic heterocycles. The molecule has 1 aromatic carbocycles. The number of anilines is 1. The van der Waals surface area contributed by atoms with Crippen LogP contribution in [0.25, 0.3) is 17.2 Å². The van der Waals surface area contributed by atoms with Crippen LogP contribution in [0.15, 0.2) is 49.1 Å². The number of rotatable bonds is 7. The maximum atomic E-state index is 14.9. The molecule has 0 radical (unpaired) electrons. The van der Waals surface area contributed by atoms with Crippen LogP contribution in [0, 0.1) is 12.7 Å². The van der Waals surface area contributed by atoms with Gasteiger partial charge in [-0.25, -0.2) is 19.3 Å². The van der Waals surface area contributed by atoms with Crippen molar-refractivity contribution in [3.63, 3.8) is 0 Å². The molecule has 4 aromatic rings. The van der Waals surface area contributed by atoms with E-state index in [1.54, 1.807) is 18.5 Å². The minimum atomic E-state index is -0.569. The Kier molecular flexibility index (Phi) is 5.66. The Labute approximate surface area is 209 Å². The van der Waals surface area contributed by atoms with Crippen molar-refractivity contribution in [3.8, 4) is 17.2 Å². The molecule has 4 heterocycles. The van der Waals surface area contributed by atoms with Crippen LogP contribution >= 0.6 is 0 Å². The largest absolute Gasteiger partial charge is 0.324 e. The van der Waals surface area contributed by atoms with Crippen molar-refractivity contribution in [1.29, 1.82) is 0 Å². The molecule has 6 rings (SSSR count). The van der Waals surface area contributed by atoms with Gasteiger partial charge in [-0.15, -0.1) is 0 Å². The predicted molar refractivity (Wildman–Crippen MR) is 136 cm³/mol. The zero-order chi connectivity index (χ0) is 24.8. The van der Waals surface area contributed by atoms with Gasteiger partial charge < -0.3 is 14.5 Å². The van der Waals surface area contributed by atoms with E-state index in [9.17, 15) is 9.18 Å². The average Bonchev–Trinajstić information content (AvgIpc) is 3.25. The van der Waals surface area contributed by atoms with Crippen LogP contribution in [0.1, 0.15) is 78.3 Å². The number of aromatic nitrogens is 5. The molecule has 0 unspecified atom stereocenters. The third-order valence-corrected chi connectivity index (χ3v) is 7.22. The van der Waals surface area contributed by atoms with E-state index in [-0.39, 0.29) is 5.56 Å². The smallest absolute Gasteiger partial charge is 0.259 e. The quantitative estimate of drug-likeness (QED) is 0.349. The zero-order valence-electron chi connectivity index (χ0n) is 20.5. The molecular weight excluding hydrogens is 455 g/mol. The second-order valence-corrected chi connectivity index (χ2v) is 9.89. The summed E-state index contributed by atoms with van der Waals surface area (Å²) in [5.41, 5.74) is 4.39. The maximum Gasteiger partial charge on any atom is 0.259 e. The number of hydrogen-bond donors (Lipinski definition) is 1. The van der Waals surface area contributed by atoms with Gasteiger partial charge in [0.1, 0.15) is 17.3 Å². The lowest BCUT2D eigenvalue weighted by molar-refractivity contribution is 0.102. The summed E-state index contributed by atoms with van der Waals surface area (Å²) in [6.45, 7) is 4.02. The summed E-state index contributed by atoms with van der Waals surface area (Å²) >= 11 is 0. The van der Waals surface area contributed by atoms with Gasteiger partial charge in [0.15, 0.2) is 5.82 Å². The normalized spacial score (nSPS) is 16.8. The summed E-state index contributed by atoms with van der Waals surface area (Å²) in [6.07, 6.45) is 12.3. The number of amides is 1. The number of fused-ring (bicyclic) bond motifs is 1. The van der Waals surface area contributed by atoms with E-state index >= 15 is 0 Å².